The van der Waals surface area contributed by atoms with E-state index in [2.05, 4.69) is 15.6 Å². The minimum Gasteiger partial charge on any atom is -0.479 e. The Morgan fingerprint density at radius 1 is 1.21 bits per heavy atom. The van der Waals surface area contributed by atoms with E-state index in [1.807, 2.05) is 13.8 Å². The molecular formula is C24H29N7O3. The Bertz CT molecular complexity index is 1220. The van der Waals surface area contributed by atoms with Gasteiger partial charge in [0.05, 0.1) is 11.9 Å². The van der Waals surface area contributed by atoms with Crippen LogP contribution in [0.15, 0.2) is 59.5 Å². The number of hydrogen-bond acceptors (Lipinski definition) is 7. The molecule has 0 saturated heterocycles. The predicted molar refractivity (Wildman–Crippen MR) is 132 cm³/mol. The third-order valence-electron chi connectivity index (χ3n) is 4.92. The van der Waals surface area contributed by atoms with Gasteiger partial charge in [-0.05, 0) is 31.5 Å². The molecule has 0 spiro atoms. The molecule has 0 bridgehead atoms. The van der Waals surface area contributed by atoms with Crippen LogP contribution in [-0.4, -0.2) is 34.1 Å². The Hall–Kier alpha value is -4.18. The van der Waals surface area contributed by atoms with Crippen molar-refractivity contribution in [1.82, 2.24) is 14.9 Å². The highest BCUT2D eigenvalue weighted by Gasteiger charge is 2.16. The average molecular weight is 464 g/mol. The van der Waals surface area contributed by atoms with Crippen LogP contribution >= 0.6 is 0 Å². The largest absolute Gasteiger partial charge is 0.479 e. The maximum atomic E-state index is 13.2. The zero-order valence-electron chi connectivity index (χ0n) is 19.2. The molecule has 0 unspecified atom stereocenters. The monoisotopic (exact) mass is 463 g/mol. The van der Waals surface area contributed by atoms with Gasteiger partial charge in [-0.3, -0.25) is 25.3 Å². The standard InChI is InChI=1S/C24H29N7O3/c1-15(2)30-23-24(33)31(20(12-29-23)18-4-3-5-19(10-18)34-14-25)13-21(32)28-11-16-6-8-17(9-7-16)22(26)27/h3-10,12,15H,11,13-14,25H2,1-2H3,(H3,26,27)(H,28,32)(H,29,30). The zero-order valence-corrected chi connectivity index (χ0v) is 19.2. The molecule has 2 aromatic carbocycles. The van der Waals surface area contributed by atoms with Crippen molar-refractivity contribution >= 4 is 17.6 Å². The van der Waals surface area contributed by atoms with Crippen molar-refractivity contribution < 1.29 is 9.53 Å². The quantitative estimate of drug-likeness (QED) is 0.173. The number of aromatic nitrogens is 2. The van der Waals surface area contributed by atoms with Gasteiger partial charge in [0.25, 0.3) is 5.56 Å². The van der Waals surface area contributed by atoms with Gasteiger partial charge >= 0.3 is 0 Å². The molecule has 0 fully saturated rings. The van der Waals surface area contributed by atoms with Gasteiger partial charge in [0.2, 0.25) is 5.91 Å². The number of rotatable bonds is 10. The lowest BCUT2D eigenvalue weighted by Crippen LogP contribution is -2.35. The highest BCUT2D eigenvalue weighted by atomic mass is 16.5. The van der Waals surface area contributed by atoms with E-state index >= 15 is 0 Å². The number of amidine groups is 1. The SMILES string of the molecule is CC(C)Nc1ncc(-c2cccc(OCN)c2)n(CC(=O)NCc2ccc(C(=N)N)cc2)c1=O. The normalized spacial score (nSPS) is 10.7. The summed E-state index contributed by atoms with van der Waals surface area (Å²) >= 11 is 0. The molecule has 7 N–H and O–H groups in total. The lowest BCUT2D eigenvalue weighted by atomic mass is 10.1. The summed E-state index contributed by atoms with van der Waals surface area (Å²) in [6.45, 7) is 3.88. The van der Waals surface area contributed by atoms with Crippen LogP contribution in [0.1, 0.15) is 25.0 Å². The number of carbonyl (C=O) groups excluding carboxylic acids is 1. The van der Waals surface area contributed by atoms with Crippen LogP contribution in [0.25, 0.3) is 11.3 Å². The second kappa shape index (κ2) is 11.1. The molecule has 0 aliphatic heterocycles. The van der Waals surface area contributed by atoms with E-state index in [0.717, 1.165) is 5.56 Å². The summed E-state index contributed by atoms with van der Waals surface area (Å²) in [7, 11) is 0. The van der Waals surface area contributed by atoms with E-state index in [0.29, 0.717) is 22.6 Å². The van der Waals surface area contributed by atoms with Gasteiger partial charge in [-0.25, -0.2) is 4.98 Å². The number of hydrogen-bond donors (Lipinski definition) is 5. The third-order valence-corrected chi connectivity index (χ3v) is 4.92. The fraction of sp³-hybridized carbons (Fsp3) is 0.250. The Balaban J connectivity index is 1.86. The summed E-state index contributed by atoms with van der Waals surface area (Å²) in [6.07, 6.45) is 1.56. The summed E-state index contributed by atoms with van der Waals surface area (Å²) in [5, 5.41) is 13.3. The molecule has 1 aromatic heterocycles. The summed E-state index contributed by atoms with van der Waals surface area (Å²) in [6, 6.07) is 14.1. The van der Waals surface area contributed by atoms with Gasteiger partial charge in [-0.1, -0.05) is 36.4 Å². The van der Waals surface area contributed by atoms with E-state index in [1.165, 1.54) is 4.57 Å². The van der Waals surface area contributed by atoms with Crippen molar-refractivity contribution in [3.05, 3.63) is 76.2 Å². The number of carbonyl (C=O) groups is 1. The van der Waals surface area contributed by atoms with Crippen LogP contribution in [0.3, 0.4) is 0 Å². The Morgan fingerprint density at radius 3 is 2.59 bits per heavy atom. The van der Waals surface area contributed by atoms with Gasteiger partial charge in [0, 0.05) is 23.7 Å². The van der Waals surface area contributed by atoms with Crippen molar-refractivity contribution in [1.29, 1.82) is 5.41 Å². The van der Waals surface area contributed by atoms with Gasteiger partial charge in [-0.2, -0.15) is 0 Å². The number of ether oxygens (including phenoxy) is 1. The average Bonchev–Trinajstić information content (AvgIpc) is 2.81. The van der Waals surface area contributed by atoms with E-state index in [1.54, 1.807) is 54.7 Å². The van der Waals surface area contributed by atoms with Crippen LogP contribution in [0.4, 0.5) is 5.82 Å². The number of nitrogens with two attached hydrogens (primary N) is 2. The molecular weight excluding hydrogens is 434 g/mol. The lowest BCUT2D eigenvalue weighted by Gasteiger charge is -2.16. The smallest absolute Gasteiger partial charge is 0.294 e. The molecule has 0 radical (unpaired) electrons. The first-order valence-electron chi connectivity index (χ1n) is 10.8. The molecule has 1 heterocycles. The topological polar surface area (TPSA) is 161 Å². The first kappa shape index (κ1) is 24.5. The maximum absolute atomic E-state index is 13.2. The molecule has 3 aromatic rings. The predicted octanol–water partition coefficient (Wildman–Crippen LogP) is 1.63. The molecule has 1 amide bonds. The molecule has 0 aliphatic carbocycles. The second-order valence-electron chi connectivity index (χ2n) is 7.91. The molecule has 34 heavy (non-hydrogen) atoms. The third kappa shape index (κ3) is 6.20. The Labute approximate surface area is 197 Å². The van der Waals surface area contributed by atoms with Crippen molar-refractivity contribution in [2.24, 2.45) is 11.5 Å². The van der Waals surface area contributed by atoms with Crippen LogP contribution in [0.2, 0.25) is 0 Å². The van der Waals surface area contributed by atoms with E-state index in [4.69, 9.17) is 21.6 Å². The first-order valence-corrected chi connectivity index (χ1v) is 10.8. The van der Waals surface area contributed by atoms with Gasteiger partial charge in [-0.15, -0.1) is 0 Å². The lowest BCUT2D eigenvalue weighted by molar-refractivity contribution is -0.121. The Kier molecular flexibility index (Phi) is 7.99. The molecule has 10 heteroatoms. The molecule has 10 nitrogen and oxygen atoms in total. The molecule has 0 saturated carbocycles. The van der Waals surface area contributed by atoms with E-state index in [-0.39, 0.29) is 43.4 Å². The van der Waals surface area contributed by atoms with E-state index in [9.17, 15) is 9.59 Å². The number of nitrogens with zero attached hydrogens (tertiary/aromatic N) is 2. The van der Waals surface area contributed by atoms with Crippen molar-refractivity contribution in [3.63, 3.8) is 0 Å². The highest BCUT2D eigenvalue weighted by Crippen LogP contribution is 2.23. The minimum atomic E-state index is -0.405. The fourth-order valence-corrected chi connectivity index (χ4v) is 3.29. The second-order valence-corrected chi connectivity index (χ2v) is 7.91. The van der Waals surface area contributed by atoms with Crippen molar-refractivity contribution in [2.45, 2.75) is 33.0 Å². The number of nitrogens with one attached hydrogen (secondary N) is 3. The number of nitrogen functional groups attached to an aromatic ring is 1. The summed E-state index contributed by atoms with van der Waals surface area (Å²) in [5.41, 5.74) is 13.1. The van der Waals surface area contributed by atoms with Gasteiger partial charge in [0.15, 0.2) is 5.82 Å². The van der Waals surface area contributed by atoms with Gasteiger partial charge in [0.1, 0.15) is 24.9 Å². The fourth-order valence-electron chi connectivity index (χ4n) is 3.29. The van der Waals surface area contributed by atoms with Crippen LogP contribution in [0.5, 0.6) is 5.75 Å². The van der Waals surface area contributed by atoms with E-state index < -0.39 is 5.56 Å². The molecule has 3 rings (SSSR count). The molecule has 0 aliphatic rings. The Morgan fingerprint density at radius 2 is 1.94 bits per heavy atom. The van der Waals surface area contributed by atoms with Crippen LogP contribution < -0.4 is 32.4 Å². The van der Waals surface area contributed by atoms with Crippen molar-refractivity contribution in [3.8, 4) is 17.0 Å². The minimum absolute atomic E-state index is 0.00687. The molecule has 0 atom stereocenters. The first-order chi connectivity index (χ1) is 16.3. The number of amides is 1. The number of benzene rings is 2. The maximum Gasteiger partial charge on any atom is 0.294 e. The van der Waals surface area contributed by atoms with Crippen molar-refractivity contribution in [2.75, 3.05) is 12.0 Å². The zero-order chi connectivity index (χ0) is 24.7. The summed E-state index contributed by atoms with van der Waals surface area (Å²) in [4.78, 5) is 30.3. The summed E-state index contributed by atoms with van der Waals surface area (Å²) in [5.74, 6) is 0.351. The molecule has 178 valence electrons. The highest BCUT2D eigenvalue weighted by molar-refractivity contribution is 5.94. The summed E-state index contributed by atoms with van der Waals surface area (Å²) < 4.78 is 6.75. The van der Waals surface area contributed by atoms with Gasteiger partial charge < -0.3 is 21.1 Å². The van der Waals surface area contributed by atoms with Crippen LogP contribution in [0, 0.1) is 5.41 Å². The van der Waals surface area contributed by atoms with Crippen LogP contribution in [-0.2, 0) is 17.9 Å². The number of anilines is 1.